The van der Waals surface area contributed by atoms with Crippen molar-refractivity contribution >= 4 is 34.8 Å². The highest BCUT2D eigenvalue weighted by Gasteiger charge is 2.28. The zero-order valence-electron chi connectivity index (χ0n) is 12.7. The van der Waals surface area contributed by atoms with E-state index in [1.54, 1.807) is 42.2 Å². The summed E-state index contributed by atoms with van der Waals surface area (Å²) in [4.78, 5) is 31.9. The molecule has 7 heteroatoms. The quantitative estimate of drug-likeness (QED) is 0.790. The van der Waals surface area contributed by atoms with Gasteiger partial charge in [-0.2, -0.15) is 4.99 Å². The van der Waals surface area contributed by atoms with Gasteiger partial charge in [0.25, 0.3) is 5.91 Å². The topological polar surface area (TPSA) is 73.2 Å². The third-order valence-electron chi connectivity index (χ3n) is 3.80. The molecule has 0 bridgehead atoms. The normalized spacial score (nSPS) is 20.1. The van der Waals surface area contributed by atoms with Crippen molar-refractivity contribution in [3.05, 3.63) is 34.7 Å². The number of thioether (sulfide) groups is 1. The summed E-state index contributed by atoms with van der Waals surface area (Å²) in [5, 5.41) is 9.99. The number of benzene rings is 1. The van der Waals surface area contributed by atoms with E-state index < -0.39 is 0 Å². The largest absolute Gasteiger partial charge is 0.508 e. The van der Waals surface area contributed by atoms with Crippen LogP contribution >= 0.6 is 11.8 Å². The third-order valence-corrected chi connectivity index (χ3v) is 4.84. The summed E-state index contributed by atoms with van der Waals surface area (Å²) < 4.78 is 0. The summed E-state index contributed by atoms with van der Waals surface area (Å²) in [7, 11) is 0. The number of phenolic OH excluding ortho intramolecular Hbond substituents is 1. The van der Waals surface area contributed by atoms with Crippen molar-refractivity contribution in [2.45, 2.75) is 6.92 Å². The summed E-state index contributed by atoms with van der Waals surface area (Å²) in [5.74, 6) is 0.0274. The van der Waals surface area contributed by atoms with Crippen LogP contribution < -0.4 is 0 Å². The van der Waals surface area contributed by atoms with Gasteiger partial charge in [0.15, 0.2) is 5.17 Å². The van der Waals surface area contributed by atoms with E-state index >= 15 is 0 Å². The molecule has 0 radical (unpaired) electrons. The third kappa shape index (κ3) is 3.56. The van der Waals surface area contributed by atoms with Gasteiger partial charge in [0.1, 0.15) is 5.75 Å². The first kappa shape index (κ1) is 15.6. The fourth-order valence-electron chi connectivity index (χ4n) is 2.47. The van der Waals surface area contributed by atoms with Gasteiger partial charge in [-0.1, -0.05) is 12.1 Å². The molecule has 0 atom stereocenters. The Hall–Kier alpha value is -2.28. The van der Waals surface area contributed by atoms with Crippen LogP contribution in [0.25, 0.3) is 6.08 Å². The molecule has 1 saturated heterocycles. The number of nitrogens with zero attached hydrogens (tertiary/aromatic N) is 3. The van der Waals surface area contributed by atoms with Crippen molar-refractivity contribution in [1.29, 1.82) is 0 Å². The Labute approximate surface area is 138 Å². The molecule has 2 amide bonds. The number of aliphatic imine (C=N–C) groups is 1. The van der Waals surface area contributed by atoms with E-state index in [9.17, 15) is 14.7 Å². The maximum atomic E-state index is 12.1. The highest BCUT2D eigenvalue weighted by molar-refractivity contribution is 8.18. The molecular formula is C16H17N3O3S. The lowest BCUT2D eigenvalue weighted by molar-refractivity contribution is -0.130. The molecule has 2 aliphatic rings. The molecule has 0 aromatic heterocycles. The van der Waals surface area contributed by atoms with E-state index in [0.717, 1.165) is 5.56 Å². The number of rotatable bonds is 1. The summed E-state index contributed by atoms with van der Waals surface area (Å²) in [6.07, 6.45) is 1.77. The van der Waals surface area contributed by atoms with Crippen molar-refractivity contribution in [3.63, 3.8) is 0 Å². The molecule has 0 spiro atoms. The standard InChI is InChI=1S/C16H17N3O3S/c1-11(20)18-6-8-19(9-7-18)16-17-15(22)14(23-16)10-12-2-4-13(21)5-3-12/h2-5,10,21H,6-9H2,1H3. The van der Waals surface area contributed by atoms with Gasteiger partial charge in [-0.05, 0) is 35.5 Å². The molecule has 1 fully saturated rings. The lowest BCUT2D eigenvalue weighted by Gasteiger charge is -2.34. The summed E-state index contributed by atoms with van der Waals surface area (Å²) >= 11 is 1.36. The van der Waals surface area contributed by atoms with E-state index in [0.29, 0.717) is 36.3 Å². The van der Waals surface area contributed by atoms with Gasteiger partial charge >= 0.3 is 0 Å². The van der Waals surface area contributed by atoms with E-state index in [4.69, 9.17) is 0 Å². The number of amidine groups is 1. The Morgan fingerprint density at radius 2 is 1.87 bits per heavy atom. The van der Waals surface area contributed by atoms with Crippen molar-refractivity contribution < 1.29 is 14.7 Å². The number of carbonyl (C=O) groups excluding carboxylic acids is 2. The lowest BCUT2D eigenvalue weighted by atomic mass is 10.2. The molecule has 1 aromatic carbocycles. The molecule has 6 nitrogen and oxygen atoms in total. The van der Waals surface area contributed by atoms with Crippen LogP contribution in [0.5, 0.6) is 5.75 Å². The second-order valence-electron chi connectivity index (χ2n) is 5.39. The zero-order chi connectivity index (χ0) is 16.4. The average Bonchev–Trinajstić information content (AvgIpc) is 2.91. The maximum absolute atomic E-state index is 12.1. The second-order valence-corrected chi connectivity index (χ2v) is 6.40. The fraction of sp³-hybridized carbons (Fsp3) is 0.312. The average molecular weight is 331 g/mol. The maximum Gasteiger partial charge on any atom is 0.286 e. The Morgan fingerprint density at radius 1 is 1.22 bits per heavy atom. The van der Waals surface area contributed by atoms with Crippen LogP contribution in [0, 0.1) is 0 Å². The van der Waals surface area contributed by atoms with Gasteiger partial charge in [0.2, 0.25) is 5.91 Å². The molecule has 3 rings (SSSR count). The van der Waals surface area contributed by atoms with Crippen LogP contribution in [-0.4, -0.2) is 58.1 Å². The van der Waals surface area contributed by atoms with E-state index in [1.807, 2.05) is 4.90 Å². The number of amides is 2. The molecule has 23 heavy (non-hydrogen) atoms. The summed E-state index contributed by atoms with van der Waals surface area (Å²) in [6.45, 7) is 4.25. The molecule has 2 heterocycles. The number of piperazine rings is 1. The second kappa shape index (κ2) is 6.45. The van der Waals surface area contributed by atoms with Gasteiger partial charge in [0, 0.05) is 33.1 Å². The van der Waals surface area contributed by atoms with E-state index in [2.05, 4.69) is 4.99 Å². The number of hydrogen-bond acceptors (Lipinski definition) is 5. The zero-order valence-corrected chi connectivity index (χ0v) is 13.5. The fourth-order valence-corrected chi connectivity index (χ4v) is 3.43. The number of carbonyl (C=O) groups is 2. The predicted octanol–water partition coefficient (Wildman–Crippen LogP) is 1.53. The Kier molecular flexibility index (Phi) is 4.38. The molecular weight excluding hydrogens is 314 g/mol. The molecule has 0 saturated carbocycles. The Balaban J connectivity index is 1.66. The van der Waals surface area contributed by atoms with Crippen LogP contribution in [0.3, 0.4) is 0 Å². The van der Waals surface area contributed by atoms with Crippen molar-refractivity contribution in [1.82, 2.24) is 9.80 Å². The van der Waals surface area contributed by atoms with Gasteiger partial charge in [0.05, 0.1) is 4.91 Å². The minimum absolute atomic E-state index is 0.0784. The van der Waals surface area contributed by atoms with Crippen LogP contribution in [0.4, 0.5) is 0 Å². The SMILES string of the molecule is CC(=O)N1CCN(C2=NC(=O)C(=Cc3ccc(O)cc3)S2)CC1. The minimum atomic E-state index is -0.243. The molecule has 1 aromatic rings. The minimum Gasteiger partial charge on any atom is -0.508 e. The van der Waals surface area contributed by atoms with Crippen molar-refractivity contribution in [2.75, 3.05) is 26.2 Å². The molecule has 1 N–H and O–H groups in total. The van der Waals surface area contributed by atoms with E-state index in [1.165, 1.54) is 11.8 Å². The van der Waals surface area contributed by atoms with Gasteiger partial charge in [-0.25, -0.2) is 0 Å². The Morgan fingerprint density at radius 3 is 2.48 bits per heavy atom. The number of hydrogen-bond donors (Lipinski definition) is 1. The first-order valence-corrected chi connectivity index (χ1v) is 8.16. The molecule has 0 aliphatic carbocycles. The lowest BCUT2D eigenvalue weighted by Crippen LogP contribution is -2.49. The van der Waals surface area contributed by atoms with Crippen LogP contribution in [0.1, 0.15) is 12.5 Å². The Bertz CT molecular complexity index is 689. The predicted molar refractivity (Wildman–Crippen MR) is 89.9 cm³/mol. The first-order valence-electron chi connectivity index (χ1n) is 7.35. The molecule has 0 unspecified atom stereocenters. The molecule has 120 valence electrons. The van der Waals surface area contributed by atoms with Crippen LogP contribution in [0.2, 0.25) is 0 Å². The van der Waals surface area contributed by atoms with Gasteiger partial charge < -0.3 is 14.9 Å². The van der Waals surface area contributed by atoms with Gasteiger partial charge in [-0.3, -0.25) is 9.59 Å². The monoisotopic (exact) mass is 331 g/mol. The highest BCUT2D eigenvalue weighted by atomic mass is 32.2. The highest BCUT2D eigenvalue weighted by Crippen LogP contribution is 2.30. The van der Waals surface area contributed by atoms with E-state index in [-0.39, 0.29) is 17.6 Å². The first-order chi connectivity index (χ1) is 11.0. The van der Waals surface area contributed by atoms with Crippen molar-refractivity contribution in [2.24, 2.45) is 4.99 Å². The summed E-state index contributed by atoms with van der Waals surface area (Å²) in [6, 6.07) is 6.66. The van der Waals surface area contributed by atoms with Crippen LogP contribution in [-0.2, 0) is 9.59 Å². The van der Waals surface area contributed by atoms with Crippen molar-refractivity contribution in [3.8, 4) is 5.75 Å². The summed E-state index contributed by atoms with van der Waals surface area (Å²) in [5.41, 5.74) is 0.844. The molecule has 2 aliphatic heterocycles. The smallest absolute Gasteiger partial charge is 0.286 e. The van der Waals surface area contributed by atoms with Gasteiger partial charge in [-0.15, -0.1) is 0 Å². The van der Waals surface area contributed by atoms with Crippen LogP contribution in [0.15, 0.2) is 34.2 Å². The number of phenols is 1. The number of aromatic hydroxyl groups is 1.